The fourth-order valence-electron chi connectivity index (χ4n) is 1.87. The maximum Gasteiger partial charge on any atom is 0.333 e. The Labute approximate surface area is 101 Å². The third-order valence-electron chi connectivity index (χ3n) is 2.62. The Kier molecular flexibility index (Phi) is 2.12. The summed E-state index contributed by atoms with van der Waals surface area (Å²) in [7, 11) is 0. The highest BCUT2D eigenvalue weighted by molar-refractivity contribution is 6.28. The lowest BCUT2D eigenvalue weighted by molar-refractivity contribution is 0.540. The van der Waals surface area contributed by atoms with Crippen molar-refractivity contribution in [2.75, 3.05) is 0 Å². The molecule has 0 aliphatic carbocycles. The first-order valence-corrected chi connectivity index (χ1v) is 5.50. The van der Waals surface area contributed by atoms with E-state index in [1.807, 2.05) is 25.1 Å². The zero-order chi connectivity index (χ0) is 12.0. The van der Waals surface area contributed by atoms with Gasteiger partial charge in [-0.2, -0.15) is 0 Å². The molecule has 2 aromatic heterocycles. The van der Waals surface area contributed by atoms with Gasteiger partial charge in [-0.25, -0.2) is 9.36 Å². The quantitative estimate of drug-likeness (QED) is 0.720. The number of nitrogens with one attached hydrogen (secondary N) is 1. The molecule has 0 bridgehead atoms. The van der Waals surface area contributed by atoms with Crippen LogP contribution in [0.25, 0.3) is 16.9 Å². The van der Waals surface area contributed by atoms with E-state index in [4.69, 9.17) is 16.0 Å². The summed E-state index contributed by atoms with van der Waals surface area (Å²) in [5.41, 5.74) is 2.40. The number of fused-ring (bicyclic) bond motifs is 1. The largest absolute Gasteiger partial charge is 0.428 e. The Hall–Kier alpha value is -1.94. The zero-order valence-electron chi connectivity index (χ0n) is 9.03. The van der Waals surface area contributed by atoms with Crippen molar-refractivity contribution in [1.29, 1.82) is 0 Å². The number of rotatable bonds is 1. The molecule has 0 saturated heterocycles. The van der Waals surface area contributed by atoms with Crippen LogP contribution in [0.2, 0.25) is 5.22 Å². The molecule has 0 unspecified atom stereocenters. The Morgan fingerprint density at radius 1 is 1.29 bits per heavy atom. The van der Waals surface area contributed by atoms with Crippen molar-refractivity contribution in [1.82, 2.24) is 9.55 Å². The van der Waals surface area contributed by atoms with E-state index in [0.717, 1.165) is 16.6 Å². The summed E-state index contributed by atoms with van der Waals surface area (Å²) in [5.74, 6) is 0.412. The molecule has 0 saturated carbocycles. The van der Waals surface area contributed by atoms with E-state index in [2.05, 4.69) is 4.98 Å². The number of hydrogen-bond donors (Lipinski definition) is 1. The van der Waals surface area contributed by atoms with Gasteiger partial charge in [0, 0.05) is 6.07 Å². The van der Waals surface area contributed by atoms with Crippen molar-refractivity contribution in [3.63, 3.8) is 0 Å². The normalized spacial score (nSPS) is 11.2. The molecule has 86 valence electrons. The summed E-state index contributed by atoms with van der Waals surface area (Å²) < 4.78 is 6.71. The second-order valence-electron chi connectivity index (χ2n) is 3.86. The molecule has 0 spiro atoms. The lowest BCUT2D eigenvalue weighted by Crippen LogP contribution is -2.13. The van der Waals surface area contributed by atoms with Crippen LogP contribution in [0.3, 0.4) is 0 Å². The molecule has 4 nitrogen and oxygen atoms in total. The van der Waals surface area contributed by atoms with E-state index in [9.17, 15) is 4.79 Å². The van der Waals surface area contributed by atoms with E-state index in [1.165, 1.54) is 4.57 Å². The second-order valence-corrected chi connectivity index (χ2v) is 4.24. The van der Waals surface area contributed by atoms with Gasteiger partial charge in [0.2, 0.25) is 5.88 Å². The molecule has 0 radical (unpaired) electrons. The number of H-pyrrole nitrogens is 1. The minimum atomic E-state index is -0.239. The van der Waals surface area contributed by atoms with Crippen molar-refractivity contribution < 1.29 is 4.42 Å². The highest BCUT2D eigenvalue weighted by atomic mass is 35.5. The number of aryl methyl sites for hydroxylation is 1. The van der Waals surface area contributed by atoms with E-state index in [-0.39, 0.29) is 10.9 Å². The highest BCUT2D eigenvalue weighted by Gasteiger charge is 2.11. The lowest BCUT2D eigenvalue weighted by atomic mass is 10.2. The van der Waals surface area contributed by atoms with Crippen molar-refractivity contribution in [2.45, 2.75) is 6.92 Å². The smallest absolute Gasteiger partial charge is 0.333 e. The van der Waals surface area contributed by atoms with Crippen LogP contribution in [0.1, 0.15) is 5.56 Å². The average molecular weight is 249 g/mol. The van der Waals surface area contributed by atoms with E-state index >= 15 is 0 Å². The summed E-state index contributed by atoms with van der Waals surface area (Å²) >= 11 is 5.71. The van der Waals surface area contributed by atoms with Gasteiger partial charge < -0.3 is 9.40 Å². The third kappa shape index (κ3) is 1.57. The third-order valence-corrected chi connectivity index (χ3v) is 2.82. The minimum absolute atomic E-state index is 0.239. The Morgan fingerprint density at radius 3 is 2.82 bits per heavy atom. The molecule has 3 aromatic rings. The summed E-state index contributed by atoms with van der Waals surface area (Å²) in [6.45, 7) is 1.97. The van der Waals surface area contributed by atoms with Crippen LogP contribution in [-0.4, -0.2) is 9.55 Å². The molecule has 5 heteroatoms. The van der Waals surface area contributed by atoms with E-state index in [1.54, 1.807) is 12.1 Å². The number of benzene rings is 1. The van der Waals surface area contributed by atoms with Crippen LogP contribution in [-0.2, 0) is 0 Å². The summed E-state index contributed by atoms with van der Waals surface area (Å²) in [6.07, 6.45) is 0. The van der Waals surface area contributed by atoms with Gasteiger partial charge in [0.25, 0.3) is 0 Å². The van der Waals surface area contributed by atoms with Crippen LogP contribution in [0.15, 0.2) is 39.5 Å². The molecule has 0 aliphatic rings. The van der Waals surface area contributed by atoms with Crippen molar-refractivity contribution >= 4 is 22.6 Å². The van der Waals surface area contributed by atoms with Crippen molar-refractivity contribution in [3.05, 3.63) is 51.6 Å². The van der Waals surface area contributed by atoms with Crippen molar-refractivity contribution in [2.24, 2.45) is 0 Å². The van der Waals surface area contributed by atoms with Crippen LogP contribution in [0.4, 0.5) is 0 Å². The topological polar surface area (TPSA) is 50.9 Å². The molecular weight excluding hydrogens is 240 g/mol. The number of imidazole rings is 1. The van der Waals surface area contributed by atoms with Gasteiger partial charge in [-0.3, -0.25) is 0 Å². The first-order valence-electron chi connectivity index (χ1n) is 5.12. The maximum atomic E-state index is 11.9. The Morgan fingerprint density at radius 2 is 2.12 bits per heavy atom. The predicted octanol–water partition coefficient (Wildman–Crippen LogP) is 2.87. The van der Waals surface area contributed by atoms with E-state index in [0.29, 0.717) is 5.88 Å². The number of hydrogen-bond acceptors (Lipinski definition) is 2. The van der Waals surface area contributed by atoms with Gasteiger partial charge in [-0.05, 0) is 42.3 Å². The van der Waals surface area contributed by atoms with Gasteiger partial charge in [0.1, 0.15) is 0 Å². The highest BCUT2D eigenvalue weighted by Crippen LogP contribution is 2.20. The number of aromatic amines is 1. The number of halogens is 1. The lowest BCUT2D eigenvalue weighted by Gasteiger charge is -1.98. The van der Waals surface area contributed by atoms with Crippen LogP contribution in [0, 0.1) is 6.92 Å². The van der Waals surface area contributed by atoms with Gasteiger partial charge in [0.05, 0.1) is 11.0 Å². The average Bonchev–Trinajstić information content (AvgIpc) is 2.80. The van der Waals surface area contributed by atoms with Gasteiger partial charge >= 0.3 is 5.69 Å². The molecule has 1 aromatic carbocycles. The maximum absolute atomic E-state index is 11.9. The number of nitrogens with zero attached hydrogens (tertiary/aromatic N) is 1. The summed E-state index contributed by atoms with van der Waals surface area (Å²) in [5, 5.41) is 0.258. The second kappa shape index (κ2) is 3.53. The fraction of sp³-hybridized carbons (Fsp3) is 0.0833. The number of aromatic nitrogens is 2. The molecular formula is C12H9ClN2O2. The summed E-state index contributed by atoms with van der Waals surface area (Å²) in [4.78, 5) is 14.6. The first kappa shape index (κ1) is 10.2. The molecule has 17 heavy (non-hydrogen) atoms. The molecule has 0 amide bonds. The predicted molar refractivity (Wildman–Crippen MR) is 65.9 cm³/mol. The minimum Gasteiger partial charge on any atom is -0.428 e. The zero-order valence-corrected chi connectivity index (χ0v) is 9.78. The van der Waals surface area contributed by atoms with E-state index < -0.39 is 0 Å². The molecule has 2 heterocycles. The molecule has 1 N–H and O–H groups in total. The van der Waals surface area contributed by atoms with Crippen LogP contribution >= 0.6 is 11.6 Å². The first-order chi connectivity index (χ1) is 8.15. The number of furan rings is 1. The van der Waals surface area contributed by atoms with Crippen LogP contribution < -0.4 is 5.69 Å². The molecule has 3 rings (SSSR count). The van der Waals surface area contributed by atoms with Gasteiger partial charge in [0.15, 0.2) is 5.22 Å². The fourth-order valence-corrected chi connectivity index (χ4v) is 2.01. The van der Waals surface area contributed by atoms with Gasteiger partial charge in [-0.15, -0.1) is 0 Å². The SMILES string of the molecule is Cc1ccc2c(c1)[nH]c(=O)n2-c1ccc(Cl)o1. The molecule has 0 fully saturated rings. The van der Waals surface area contributed by atoms with Crippen LogP contribution in [0.5, 0.6) is 0 Å². The molecule has 0 atom stereocenters. The Bertz CT molecular complexity index is 751. The Balaban J connectivity index is 2.36. The monoisotopic (exact) mass is 248 g/mol. The standard InChI is InChI=1S/C12H9ClN2O2/c1-7-2-3-9-8(6-7)14-12(16)15(9)11-5-4-10(13)17-11/h2-6H,1H3,(H,14,16). The molecule has 0 aliphatic heterocycles. The van der Waals surface area contributed by atoms with Gasteiger partial charge in [-0.1, -0.05) is 6.07 Å². The summed E-state index contributed by atoms with van der Waals surface area (Å²) in [6, 6.07) is 9.00. The van der Waals surface area contributed by atoms with Crippen molar-refractivity contribution in [3.8, 4) is 5.88 Å².